The van der Waals surface area contributed by atoms with E-state index >= 15 is 0 Å². The summed E-state index contributed by atoms with van der Waals surface area (Å²) < 4.78 is 13.4. The number of halogens is 1. The number of thiophene rings is 1. The first-order chi connectivity index (χ1) is 16.5. The maximum atomic E-state index is 13.4. The van der Waals surface area contributed by atoms with E-state index in [4.69, 9.17) is 4.99 Å². The molecule has 34 heavy (non-hydrogen) atoms. The van der Waals surface area contributed by atoms with Crippen LogP contribution in [0.2, 0.25) is 0 Å². The summed E-state index contributed by atoms with van der Waals surface area (Å²) in [6, 6.07) is 12.2. The molecule has 1 fully saturated rings. The zero-order valence-corrected chi connectivity index (χ0v) is 20.1. The maximum absolute atomic E-state index is 13.4. The number of aryl methyl sites for hydroxylation is 1. The number of amides is 1. The Balaban J connectivity index is 1.22. The van der Waals surface area contributed by atoms with E-state index in [1.54, 1.807) is 0 Å². The molecule has 0 bridgehead atoms. The zero-order valence-electron chi connectivity index (χ0n) is 19.3. The lowest BCUT2D eigenvalue weighted by Crippen LogP contribution is -2.51. The highest BCUT2D eigenvalue weighted by Gasteiger charge is 2.33. The van der Waals surface area contributed by atoms with Crippen molar-refractivity contribution < 1.29 is 9.18 Å². The van der Waals surface area contributed by atoms with E-state index in [1.165, 1.54) is 34.1 Å². The molecule has 174 valence electrons. The number of hydrogen-bond acceptors (Lipinski definition) is 5. The number of rotatable bonds is 4. The average molecular weight is 475 g/mol. The third kappa shape index (κ3) is 4.07. The molecule has 1 saturated heterocycles. The van der Waals surface area contributed by atoms with Gasteiger partial charge in [0.05, 0.1) is 18.7 Å². The van der Waals surface area contributed by atoms with Gasteiger partial charge < -0.3 is 4.90 Å². The van der Waals surface area contributed by atoms with Crippen LogP contribution in [-0.4, -0.2) is 45.5 Å². The van der Waals surface area contributed by atoms with E-state index in [1.807, 2.05) is 25.3 Å². The van der Waals surface area contributed by atoms with E-state index in [0.29, 0.717) is 19.5 Å². The van der Waals surface area contributed by atoms with Crippen LogP contribution in [0.15, 0.2) is 47.6 Å². The fourth-order valence-electron chi connectivity index (χ4n) is 5.55. The molecule has 6 rings (SSSR count). The fraction of sp³-hybridized carbons (Fsp3) is 0.370. The molecule has 0 unspecified atom stereocenters. The number of nitrogens with zero attached hydrogens (tertiary/aromatic N) is 4. The van der Waals surface area contributed by atoms with Gasteiger partial charge in [0.25, 0.3) is 0 Å². The predicted molar refractivity (Wildman–Crippen MR) is 132 cm³/mol. The minimum absolute atomic E-state index is 0.135. The first-order valence-electron chi connectivity index (χ1n) is 11.9. The van der Waals surface area contributed by atoms with Crippen molar-refractivity contribution in [1.82, 2.24) is 14.8 Å². The number of benzene rings is 1. The molecule has 3 aliphatic rings. The number of aliphatic imine (C=N–C) groups is 1. The van der Waals surface area contributed by atoms with Crippen LogP contribution in [0.5, 0.6) is 0 Å². The summed E-state index contributed by atoms with van der Waals surface area (Å²) in [5.74, 6) is 0.213. The molecule has 1 amide bonds. The van der Waals surface area contributed by atoms with Crippen LogP contribution >= 0.6 is 11.3 Å². The number of pyridine rings is 1. The quantitative estimate of drug-likeness (QED) is 0.560. The Labute approximate surface area is 203 Å². The molecule has 2 aromatic heterocycles. The summed E-state index contributed by atoms with van der Waals surface area (Å²) in [7, 11) is 0. The van der Waals surface area contributed by atoms with Crippen molar-refractivity contribution in [3.05, 3.63) is 86.1 Å². The minimum Gasteiger partial charge on any atom is -0.334 e. The van der Waals surface area contributed by atoms with Crippen molar-refractivity contribution in [2.75, 3.05) is 13.1 Å². The Kier molecular flexibility index (Phi) is 5.54. The molecule has 3 aliphatic heterocycles. The number of aromatic nitrogens is 1. The van der Waals surface area contributed by atoms with E-state index < -0.39 is 0 Å². The lowest BCUT2D eigenvalue weighted by atomic mass is 9.90. The molecule has 5 heterocycles. The lowest BCUT2D eigenvalue weighted by Gasteiger charge is -2.41. The van der Waals surface area contributed by atoms with Crippen molar-refractivity contribution >= 4 is 23.0 Å². The molecule has 0 radical (unpaired) electrons. The minimum atomic E-state index is -0.135. The van der Waals surface area contributed by atoms with Crippen LogP contribution in [-0.2, 0) is 30.8 Å². The molecule has 5 nitrogen and oxygen atoms in total. The average Bonchev–Trinajstić information content (AvgIpc) is 3.42. The molecule has 1 aromatic carbocycles. The smallest absolute Gasteiger partial charge is 0.227 e. The van der Waals surface area contributed by atoms with Gasteiger partial charge in [-0.2, -0.15) is 4.39 Å². The van der Waals surface area contributed by atoms with Crippen molar-refractivity contribution in [3.8, 4) is 0 Å². The molecule has 7 heteroatoms. The van der Waals surface area contributed by atoms with Crippen LogP contribution in [0, 0.1) is 12.1 Å². The zero-order chi connectivity index (χ0) is 23.2. The molecular formula is C27H27FN4OS. The Morgan fingerprint density at radius 3 is 2.88 bits per heavy atom. The van der Waals surface area contributed by atoms with E-state index in [2.05, 4.69) is 33.0 Å². The number of carbonyl (C=O) groups excluding carboxylic acids is 1. The highest BCUT2D eigenvalue weighted by Crippen LogP contribution is 2.32. The van der Waals surface area contributed by atoms with Crippen molar-refractivity contribution in [3.63, 3.8) is 0 Å². The highest BCUT2D eigenvalue weighted by molar-refractivity contribution is 7.10. The van der Waals surface area contributed by atoms with E-state index in [9.17, 15) is 9.18 Å². The summed E-state index contributed by atoms with van der Waals surface area (Å²) in [6.07, 6.45) is 4.37. The standard InChI is InChI=1S/C27H27FN4OS/c1-17-9-18(6-7-29-17)27-24-11-21-14-32(26(33)12-19(21)10-20(24)13-30-27)22-3-2-8-31(15-22)16-23-4-5-25(28)34-23/h4-7,9-11,22H,2-3,8,12-16H2,1H3/t22-/m1/s1. The summed E-state index contributed by atoms with van der Waals surface area (Å²) in [4.78, 5) is 27.8. The van der Waals surface area contributed by atoms with Gasteiger partial charge in [0.15, 0.2) is 5.13 Å². The van der Waals surface area contributed by atoms with E-state index in [-0.39, 0.29) is 17.1 Å². The van der Waals surface area contributed by atoms with Crippen molar-refractivity contribution in [1.29, 1.82) is 0 Å². The number of fused-ring (bicyclic) bond motifs is 2. The van der Waals surface area contributed by atoms with Gasteiger partial charge in [0, 0.05) is 53.6 Å². The second-order valence-corrected chi connectivity index (χ2v) is 10.7. The Morgan fingerprint density at radius 1 is 1.15 bits per heavy atom. The van der Waals surface area contributed by atoms with Gasteiger partial charge >= 0.3 is 0 Å². The number of piperidine rings is 1. The highest BCUT2D eigenvalue weighted by atomic mass is 32.1. The number of likely N-dealkylation sites (tertiary alicyclic amines) is 1. The lowest BCUT2D eigenvalue weighted by molar-refractivity contribution is -0.135. The van der Waals surface area contributed by atoms with Gasteiger partial charge in [-0.05, 0) is 73.3 Å². The first-order valence-corrected chi connectivity index (χ1v) is 12.7. The molecule has 0 N–H and O–H groups in total. The third-order valence-electron chi connectivity index (χ3n) is 7.19. The second-order valence-electron chi connectivity index (χ2n) is 9.56. The Bertz CT molecular complexity index is 1300. The van der Waals surface area contributed by atoms with Crippen LogP contribution in [0.4, 0.5) is 4.39 Å². The maximum Gasteiger partial charge on any atom is 0.227 e. The van der Waals surface area contributed by atoms with Gasteiger partial charge in [-0.15, -0.1) is 11.3 Å². The van der Waals surface area contributed by atoms with Gasteiger partial charge in [-0.3, -0.25) is 19.7 Å². The first kappa shape index (κ1) is 21.6. The van der Waals surface area contributed by atoms with Gasteiger partial charge in [0.2, 0.25) is 5.91 Å². The third-order valence-corrected chi connectivity index (χ3v) is 8.05. The topological polar surface area (TPSA) is 48.8 Å². The molecule has 0 aliphatic carbocycles. The SMILES string of the molecule is Cc1cc(C2=NCc3cc4c(cc32)CN([C@@H]2CCCN(Cc3ccc(F)s3)C2)C(=O)C4)ccn1. The molecule has 0 spiro atoms. The summed E-state index contributed by atoms with van der Waals surface area (Å²) in [6.45, 7) is 5.90. The molecule has 1 atom stereocenters. The van der Waals surface area contributed by atoms with Crippen LogP contribution in [0.25, 0.3) is 0 Å². The van der Waals surface area contributed by atoms with Crippen LogP contribution < -0.4 is 0 Å². The summed E-state index contributed by atoms with van der Waals surface area (Å²) in [5.41, 5.74) is 7.87. The summed E-state index contributed by atoms with van der Waals surface area (Å²) >= 11 is 1.22. The Hall–Kier alpha value is -2.90. The van der Waals surface area contributed by atoms with Crippen molar-refractivity contribution in [2.24, 2.45) is 4.99 Å². The summed E-state index contributed by atoms with van der Waals surface area (Å²) in [5, 5.41) is -0.135. The predicted octanol–water partition coefficient (Wildman–Crippen LogP) is 4.49. The van der Waals surface area contributed by atoms with Crippen LogP contribution in [0.3, 0.4) is 0 Å². The van der Waals surface area contributed by atoms with Crippen LogP contribution in [0.1, 0.15) is 51.2 Å². The molecule has 3 aromatic rings. The Morgan fingerprint density at radius 2 is 2.06 bits per heavy atom. The monoisotopic (exact) mass is 474 g/mol. The molecule has 0 saturated carbocycles. The second kappa shape index (κ2) is 8.71. The fourth-order valence-corrected chi connectivity index (χ4v) is 6.32. The van der Waals surface area contributed by atoms with E-state index in [0.717, 1.165) is 59.9 Å². The van der Waals surface area contributed by atoms with Gasteiger partial charge in [-0.1, -0.05) is 6.07 Å². The van der Waals surface area contributed by atoms with Gasteiger partial charge in [-0.25, -0.2) is 0 Å². The molecular weight excluding hydrogens is 447 g/mol. The number of hydrogen-bond donors (Lipinski definition) is 0. The van der Waals surface area contributed by atoms with Gasteiger partial charge in [0.1, 0.15) is 0 Å². The number of carbonyl (C=O) groups is 1. The van der Waals surface area contributed by atoms with Crippen molar-refractivity contribution in [2.45, 2.75) is 51.9 Å². The normalized spacial score (nSPS) is 20.3. The largest absolute Gasteiger partial charge is 0.334 e.